The molecule has 0 aliphatic rings. The van der Waals surface area contributed by atoms with E-state index in [-0.39, 0.29) is 5.78 Å². The minimum atomic E-state index is 0.145. The van der Waals surface area contributed by atoms with Gasteiger partial charge in [-0.3, -0.25) is 4.79 Å². The topological polar surface area (TPSA) is 21.4 Å². The predicted octanol–water partition coefficient (Wildman–Crippen LogP) is 3.37. The summed E-state index contributed by atoms with van der Waals surface area (Å²) in [5, 5.41) is 0. The largest absolute Gasteiger partial charge is 0.299 e. The van der Waals surface area contributed by atoms with Crippen molar-refractivity contribution in [2.24, 2.45) is 0 Å². The van der Waals surface area contributed by atoms with E-state index >= 15 is 0 Å². The van der Waals surface area contributed by atoms with Crippen LogP contribution in [0.5, 0.6) is 0 Å². The van der Waals surface area contributed by atoms with Crippen LogP contribution in [0.4, 0.5) is 5.69 Å². The maximum atomic E-state index is 11.5. The normalized spacial score (nSPS) is 9.60. The molecule has 0 saturated carbocycles. The number of benzene rings is 1. The fraction of sp³-hybridized carbons (Fsp3) is 0.333. The van der Waals surface area contributed by atoms with Gasteiger partial charge in [0.1, 0.15) is 5.78 Å². The molecule has 0 saturated heterocycles. The van der Waals surface area contributed by atoms with Crippen LogP contribution in [0.2, 0.25) is 0 Å². The molecule has 2 nitrogen and oxygen atoms in total. The summed E-state index contributed by atoms with van der Waals surface area (Å²) in [5.74, 6) is 0.655. The zero-order valence-electron chi connectivity index (χ0n) is 8.37. The minimum absolute atomic E-state index is 0.145. The van der Waals surface area contributed by atoms with Crippen LogP contribution in [-0.4, -0.2) is 11.7 Å². The highest BCUT2D eigenvalue weighted by molar-refractivity contribution is 6.17. The molecule has 0 heterocycles. The minimum Gasteiger partial charge on any atom is -0.299 e. The van der Waals surface area contributed by atoms with E-state index in [0.29, 0.717) is 30.8 Å². The van der Waals surface area contributed by atoms with Crippen LogP contribution in [0, 0.1) is 6.57 Å². The molecule has 0 aromatic heterocycles. The first-order chi connectivity index (χ1) is 7.27. The molecule has 1 aromatic rings. The first kappa shape index (κ1) is 11.7. The number of hydrogen-bond donors (Lipinski definition) is 0. The van der Waals surface area contributed by atoms with Gasteiger partial charge in [0.25, 0.3) is 0 Å². The van der Waals surface area contributed by atoms with Gasteiger partial charge in [-0.25, -0.2) is 4.85 Å². The first-order valence-electron chi connectivity index (χ1n) is 4.81. The van der Waals surface area contributed by atoms with Crippen molar-refractivity contribution in [1.82, 2.24) is 0 Å². The lowest BCUT2D eigenvalue weighted by atomic mass is 10.0. The van der Waals surface area contributed by atoms with E-state index < -0.39 is 0 Å². The third-order valence-corrected chi connectivity index (χ3v) is 2.36. The molecule has 15 heavy (non-hydrogen) atoms. The second kappa shape index (κ2) is 6.21. The van der Waals surface area contributed by atoms with E-state index in [1.807, 2.05) is 12.1 Å². The van der Waals surface area contributed by atoms with Gasteiger partial charge >= 0.3 is 0 Å². The van der Waals surface area contributed by atoms with Gasteiger partial charge in [-0.05, 0) is 12.0 Å². The number of carbonyl (C=O) groups excluding carboxylic acids is 1. The van der Waals surface area contributed by atoms with Crippen LogP contribution in [0.15, 0.2) is 24.3 Å². The molecule has 1 rings (SSSR count). The van der Waals surface area contributed by atoms with Crippen molar-refractivity contribution >= 4 is 23.1 Å². The Morgan fingerprint density at radius 2 is 2.13 bits per heavy atom. The molecule has 0 bridgehead atoms. The molecule has 0 aliphatic carbocycles. The third-order valence-electron chi connectivity index (χ3n) is 2.09. The number of halogens is 1. The molecule has 0 aliphatic heterocycles. The molecule has 0 amide bonds. The van der Waals surface area contributed by atoms with Crippen LogP contribution < -0.4 is 0 Å². The summed E-state index contributed by atoms with van der Waals surface area (Å²) < 4.78 is 0. The molecule has 0 radical (unpaired) electrons. The number of Topliss-reactive ketones (excluding diaryl/α,β-unsaturated/α-hetero) is 1. The highest BCUT2D eigenvalue weighted by Crippen LogP contribution is 2.19. The fourth-order valence-corrected chi connectivity index (χ4v) is 1.47. The zero-order valence-corrected chi connectivity index (χ0v) is 9.13. The predicted molar refractivity (Wildman–Crippen MR) is 61.4 cm³/mol. The molecule has 0 N–H and O–H groups in total. The Kier molecular flexibility index (Phi) is 4.86. The Balaban J connectivity index is 2.64. The standard InChI is InChI=1S/C12H12ClNO/c1-14-12-7-3-2-5-10(12)9-11(15)6-4-8-13/h2-3,5,7H,4,6,8-9H2. The summed E-state index contributed by atoms with van der Waals surface area (Å²) in [6.45, 7) is 6.96. The van der Waals surface area contributed by atoms with Crippen molar-refractivity contribution in [2.75, 3.05) is 5.88 Å². The lowest BCUT2D eigenvalue weighted by molar-refractivity contribution is -0.118. The van der Waals surface area contributed by atoms with Crippen molar-refractivity contribution in [3.8, 4) is 0 Å². The Labute approximate surface area is 94.7 Å². The third kappa shape index (κ3) is 3.73. The molecular formula is C12H12ClNO. The number of rotatable bonds is 5. The first-order valence-corrected chi connectivity index (χ1v) is 5.34. The van der Waals surface area contributed by atoms with E-state index in [4.69, 9.17) is 18.2 Å². The fourth-order valence-electron chi connectivity index (χ4n) is 1.33. The summed E-state index contributed by atoms with van der Waals surface area (Å²) in [6, 6.07) is 7.21. The highest BCUT2D eigenvalue weighted by Gasteiger charge is 2.06. The molecule has 3 heteroatoms. The summed E-state index contributed by atoms with van der Waals surface area (Å²) in [5.41, 5.74) is 1.38. The molecule has 0 spiro atoms. The maximum absolute atomic E-state index is 11.5. The van der Waals surface area contributed by atoms with Gasteiger partial charge < -0.3 is 0 Å². The summed E-state index contributed by atoms with van der Waals surface area (Å²) >= 11 is 5.51. The number of nitrogens with zero attached hydrogens (tertiary/aromatic N) is 1. The molecule has 1 aromatic carbocycles. The molecule has 0 unspecified atom stereocenters. The Bertz CT molecular complexity index is 381. The Hall–Kier alpha value is -1.33. The second-order valence-corrected chi connectivity index (χ2v) is 3.63. The quantitative estimate of drug-likeness (QED) is 0.552. The van der Waals surface area contributed by atoms with Crippen molar-refractivity contribution < 1.29 is 4.79 Å². The molecule has 0 atom stereocenters. The number of hydrogen-bond acceptors (Lipinski definition) is 1. The van der Waals surface area contributed by atoms with Gasteiger partial charge in [-0.2, -0.15) is 0 Å². The SMILES string of the molecule is [C-]#[N+]c1ccccc1CC(=O)CCCCl. The van der Waals surface area contributed by atoms with Gasteiger partial charge in [0.15, 0.2) is 5.69 Å². The summed E-state index contributed by atoms with van der Waals surface area (Å²) in [7, 11) is 0. The summed E-state index contributed by atoms with van der Waals surface area (Å²) in [4.78, 5) is 14.9. The number of alkyl halides is 1. The van der Waals surface area contributed by atoms with Gasteiger partial charge in [-0.1, -0.05) is 24.3 Å². The Morgan fingerprint density at radius 3 is 2.80 bits per heavy atom. The smallest absolute Gasteiger partial charge is 0.190 e. The van der Waals surface area contributed by atoms with Gasteiger partial charge in [0.2, 0.25) is 0 Å². The number of para-hydroxylation sites is 1. The summed E-state index contributed by atoms with van der Waals surface area (Å²) in [6.07, 6.45) is 1.55. The van der Waals surface area contributed by atoms with Gasteiger partial charge in [0, 0.05) is 18.7 Å². The maximum Gasteiger partial charge on any atom is 0.190 e. The molecular weight excluding hydrogens is 210 g/mol. The average molecular weight is 222 g/mol. The lowest BCUT2D eigenvalue weighted by Crippen LogP contribution is -2.02. The second-order valence-electron chi connectivity index (χ2n) is 3.25. The van der Waals surface area contributed by atoms with Gasteiger partial charge in [0.05, 0.1) is 6.57 Å². The molecule has 78 valence electrons. The molecule has 0 fully saturated rings. The van der Waals surface area contributed by atoms with E-state index in [2.05, 4.69) is 4.85 Å². The van der Waals surface area contributed by atoms with Crippen LogP contribution >= 0.6 is 11.6 Å². The van der Waals surface area contributed by atoms with Crippen molar-refractivity contribution in [1.29, 1.82) is 0 Å². The number of carbonyl (C=O) groups is 1. The van der Waals surface area contributed by atoms with Crippen LogP contribution in [0.25, 0.3) is 4.85 Å². The van der Waals surface area contributed by atoms with Crippen LogP contribution in [-0.2, 0) is 11.2 Å². The van der Waals surface area contributed by atoms with Crippen LogP contribution in [0.1, 0.15) is 18.4 Å². The zero-order chi connectivity index (χ0) is 11.1. The lowest BCUT2D eigenvalue weighted by Gasteiger charge is -2.02. The van der Waals surface area contributed by atoms with Crippen molar-refractivity contribution in [3.05, 3.63) is 41.2 Å². The van der Waals surface area contributed by atoms with E-state index in [0.717, 1.165) is 5.56 Å². The van der Waals surface area contributed by atoms with E-state index in [1.165, 1.54) is 0 Å². The van der Waals surface area contributed by atoms with E-state index in [9.17, 15) is 4.79 Å². The van der Waals surface area contributed by atoms with E-state index in [1.54, 1.807) is 12.1 Å². The monoisotopic (exact) mass is 221 g/mol. The van der Waals surface area contributed by atoms with Gasteiger partial charge in [-0.15, -0.1) is 11.6 Å². The highest BCUT2D eigenvalue weighted by atomic mass is 35.5. The Morgan fingerprint density at radius 1 is 1.40 bits per heavy atom. The van der Waals surface area contributed by atoms with Crippen LogP contribution in [0.3, 0.4) is 0 Å². The number of ketones is 1. The van der Waals surface area contributed by atoms with Crippen molar-refractivity contribution in [2.45, 2.75) is 19.3 Å². The van der Waals surface area contributed by atoms with Crippen molar-refractivity contribution in [3.63, 3.8) is 0 Å². The average Bonchev–Trinajstić information content (AvgIpc) is 2.27.